The molecule has 0 heterocycles. The number of nitrogens with one attached hydrogen (secondary N) is 2. The monoisotopic (exact) mass is 306 g/mol. The fraction of sp³-hybridized carbons (Fsp3) is 0.588. The van der Waals surface area contributed by atoms with Gasteiger partial charge in [-0.1, -0.05) is 31.9 Å². The zero-order valence-corrected chi connectivity index (χ0v) is 13.8. The highest BCUT2D eigenvalue weighted by Gasteiger charge is 2.21. The van der Waals surface area contributed by atoms with Gasteiger partial charge in [0.1, 0.15) is 0 Å². The Morgan fingerprint density at radius 3 is 2.86 bits per heavy atom. The summed E-state index contributed by atoms with van der Waals surface area (Å²) in [7, 11) is 0. The van der Waals surface area contributed by atoms with Gasteiger partial charge < -0.3 is 10.6 Å². The van der Waals surface area contributed by atoms with E-state index in [9.17, 15) is 4.79 Å². The minimum absolute atomic E-state index is 0.0417. The van der Waals surface area contributed by atoms with Gasteiger partial charge in [0.05, 0.1) is 5.25 Å². The lowest BCUT2D eigenvalue weighted by Crippen LogP contribution is -2.37. The van der Waals surface area contributed by atoms with E-state index in [1.54, 1.807) is 11.8 Å². The summed E-state index contributed by atoms with van der Waals surface area (Å²) in [6, 6.07) is 8.85. The van der Waals surface area contributed by atoms with Gasteiger partial charge in [-0.25, -0.2) is 0 Å². The van der Waals surface area contributed by atoms with Crippen LogP contribution in [-0.2, 0) is 11.3 Å². The molecule has 1 amide bonds. The third-order valence-corrected chi connectivity index (χ3v) is 4.95. The molecule has 116 valence electrons. The molecule has 1 aromatic rings. The number of hydrogen-bond acceptors (Lipinski definition) is 3. The van der Waals surface area contributed by atoms with Crippen LogP contribution in [0.1, 0.15) is 45.1 Å². The maximum Gasteiger partial charge on any atom is 0.233 e. The molecule has 1 aromatic carbocycles. The van der Waals surface area contributed by atoms with E-state index in [0.717, 1.165) is 25.9 Å². The molecule has 1 unspecified atom stereocenters. The fourth-order valence-electron chi connectivity index (χ4n) is 2.64. The smallest absolute Gasteiger partial charge is 0.233 e. The molecule has 4 heteroatoms. The second-order valence-corrected chi connectivity index (χ2v) is 7.09. The maximum absolute atomic E-state index is 12.2. The highest BCUT2D eigenvalue weighted by Crippen LogP contribution is 2.25. The Kier molecular flexibility index (Phi) is 6.58. The van der Waals surface area contributed by atoms with Crippen LogP contribution in [0.5, 0.6) is 0 Å². The van der Waals surface area contributed by atoms with Gasteiger partial charge in [0.2, 0.25) is 5.91 Å². The van der Waals surface area contributed by atoms with Gasteiger partial charge in [0.25, 0.3) is 0 Å². The van der Waals surface area contributed by atoms with Crippen molar-refractivity contribution in [2.24, 2.45) is 0 Å². The van der Waals surface area contributed by atoms with Crippen molar-refractivity contribution in [3.63, 3.8) is 0 Å². The molecule has 0 bridgehead atoms. The first-order valence-corrected chi connectivity index (χ1v) is 8.83. The molecule has 1 saturated carbocycles. The highest BCUT2D eigenvalue weighted by atomic mass is 32.2. The molecule has 3 nitrogen and oxygen atoms in total. The second-order valence-electron chi connectivity index (χ2n) is 5.68. The van der Waals surface area contributed by atoms with Crippen LogP contribution in [0.3, 0.4) is 0 Å². The van der Waals surface area contributed by atoms with Gasteiger partial charge in [0, 0.05) is 17.5 Å². The summed E-state index contributed by atoms with van der Waals surface area (Å²) in [4.78, 5) is 13.4. The average molecular weight is 306 g/mol. The minimum Gasteiger partial charge on any atom is -0.352 e. The molecular formula is C17H26N2OS. The number of hydrogen-bond donors (Lipinski definition) is 2. The summed E-state index contributed by atoms with van der Waals surface area (Å²) in [6.45, 7) is 5.95. The number of carbonyl (C=O) groups excluding carboxylic acids is 1. The highest BCUT2D eigenvalue weighted by molar-refractivity contribution is 8.00. The van der Waals surface area contributed by atoms with Crippen LogP contribution in [0, 0.1) is 0 Å². The van der Waals surface area contributed by atoms with Gasteiger partial charge in [-0.15, -0.1) is 11.8 Å². The van der Waals surface area contributed by atoms with E-state index in [2.05, 4.69) is 41.8 Å². The Balaban J connectivity index is 1.85. The summed E-state index contributed by atoms with van der Waals surface area (Å²) < 4.78 is 0. The summed E-state index contributed by atoms with van der Waals surface area (Å²) in [5, 5.41) is 6.46. The third kappa shape index (κ3) is 5.36. The molecule has 0 aromatic heterocycles. The summed E-state index contributed by atoms with van der Waals surface area (Å²) >= 11 is 1.64. The first-order valence-electron chi connectivity index (χ1n) is 7.95. The Bertz CT molecular complexity index is 458. The standard InChI is InChI=1S/C17H26N2OS/c1-3-18-12-14-7-6-10-16(11-14)21-13(2)17(20)19-15-8-4-5-9-15/h6-7,10-11,13,15,18H,3-5,8-9,12H2,1-2H3,(H,19,20). The van der Waals surface area contributed by atoms with Crippen molar-refractivity contribution in [3.8, 4) is 0 Å². The molecule has 2 rings (SSSR count). The number of benzene rings is 1. The van der Waals surface area contributed by atoms with Gasteiger partial charge in [-0.05, 0) is 44.0 Å². The lowest BCUT2D eigenvalue weighted by atomic mass is 10.2. The van der Waals surface area contributed by atoms with Crippen LogP contribution in [0.4, 0.5) is 0 Å². The summed E-state index contributed by atoms with van der Waals surface area (Å²) in [5.74, 6) is 0.170. The summed E-state index contributed by atoms with van der Waals surface area (Å²) in [5.41, 5.74) is 1.27. The van der Waals surface area contributed by atoms with Gasteiger partial charge in [-0.2, -0.15) is 0 Å². The molecule has 1 fully saturated rings. The predicted molar refractivity (Wildman–Crippen MR) is 89.5 cm³/mol. The number of amides is 1. The normalized spacial score (nSPS) is 16.9. The first-order chi connectivity index (χ1) is 10.2. The molecule has 0 radical (unpaired) electrons. The van der Waals surface area contributed by atoms with Crippen LogP contribution in [0.25, 0.3) is 0 Å². The van der Waals surface area contributed by atoms with Crippen molar-refractivity contribution in [2.75, 3.05) is 6.54 Å². The van der Waals surface area contributed by atoms with Crippen molar-refractivity contribution < 1.29 is 4.79 Å². The molecule has 0 saturated heterocycles. The van der Waals surface area contributed by atoms with E-state index >= 15 is 0 Å². The average Bonchev–Trinajstić information content (AvgIpc) is 2.98. The van der Waals surface area contributed by atoms with Gasteiger partial charge in [-0.3, -0.25) is 4.79 Å². The third-order valence-electron chi connectivity index (χ3n) is 3.86. The van der Waals surface area contributed by atoms with Crippen molar-refractivity contribution >= 4 is 17.7 Å². The molecule has 0 aliphatic heterocycles. The van der Waals surface area contributed by atoms with Crippen LogP contribution >= 0.6 is 11.8 Å². The zero-order valence-electron chi connectivity index (χ0n) is 13.0. The Morgan fingerprint density at radius 1 is 1.38 bits per heavy atom. The lowest BCUT2D eigenvalue weighted by molar-refractivity contribution is -0.120. The van der Waals surface area contributed by atoms with Crippen LogP contribution in [0.15, 0.2) is 29.2 Å². The molecule has 1 aliphatic carbocycles. The van der Waals surface area contributed by atoms with E-state index in [0.29, 0.717) is 6.04 Å². The molecule has 0 spiro atoms. The molecule has 2 N–H and O–H groups in total. The fourth-order valence-corrected chi connectivity index (χ4v) is 3.60. The number of thioether (sulfide) groups is 1. The summed E-state index contributed by atoms with van der Waals surface area (Å²) in [6.07, 6.45) is 4.78. The quantitative estimate of drug-likeness (QED) is 0.759. The topological polar surface area (TPSA) is 41.1 Å². The van der Waals surface area contributed by atoms with E-state index in [-0.39, 0.29) is 11.2 Å². The Morgan fingerprint density at radius 2 is 2.14 bits per heavy atom. The largest absolute Gasteiger partial charge is 0.352 e. The van der Waals surface area contributed by atoms with Crippen molar-refractivity contribution in [1.82, 2.24) is 10.6 Å². The molecular weight excluding hydrogens is 280 g/mol. The minimum atomic E-state index is -0.0417. The van der Waals surface area contributed by atoms with E-state index in [1.165, 1.54) is 23.3 Å². The lowest BCUT2D eigenvalue weighted by Gasteiger charge is -2.16. The van der Waals surface area contributed by atoms with Crippen LogP contribution in [-0.4, -0.2) is 23.7 Å². The van der Waals surface area contributed by atoms with E-state index < -0.39 is 0 Å². The van der Waals surface area contributed by atoms with E-state index in [4.69, 9.17) is 0 Å². The predicted octanol–water partition coefficient (Wildman–Crippen LogP) is 3.34. The SMILES string of the molecule is CCNCc1cccc(SC(C)C(=O)NC2CCCC2)c1. The Labute approximate surface area is 132 Å². The van der Waals surface area contributed by atoms with Crippen molar-refractivity contribution in [2.45, 2.75) is 62.3 Å². The van der Waals surface area contributed by atoms with E-state index in [1.807, 2.05) is 6.92 Å². The van der Waals surface area contributed by atoms with Gasteiger partial charge in [0.15, 0.2) is 0 Å². The molecule has 1 atom stereocenters. The van der Waals surface area contributed by atoms with Crippen LogP contribution in [0.2, 0.25) is 0 Å². The van der Waals surface area contributed by atoms with Crippen LogP contribution < -0.4 is 10.6 Å². The number of carbonyl (C=O) groups is 1. The maximum atomic E-state index is 12.2. The van der Waals surface area contributed by atoms with Crippen molar-refractivity contribution in [3.05, 3.63) is 29.8 Å². The van der Waals surface area contributed by atoms with Gasteiger partial charge >= 0.3 is 0 Å². The molecule has 21 heavy (non-hydrogen) atoms. The Hall–Kier alpha value is -1.00. The first kappa shape index (κ1) is 16.4. The zero-order chi connectivity index (χ0) is 15.1. The second kappa shape index (κ2) is 8.44. The van der Waals surface area contributed by atoms with Crippen molar-refractivity contribution in [1.29, 1.82) is 0 Å². The number of rotatable bonds is 7. The molecule has 1 aliphatic rings.